The predicted octanol–water partition coefficient (Wildman–Crippen LogP) is 3.51. The number of benzene rings is 2. The van der Waals surface area contributed by atoms with Gasteiger partial charge >= 0.3 is 0 Å². The third-order valence-corrected chi connectivity index (χ3v) is 4.48. The molecule has 2 N–H and O–H groups in total. The fourth-order valence-electron chi connectivity index (χ4n) is 3.40. The Labute approximate surface area is 118 Å². The van der Waals surface area contributed by atoms with E-state index in [0.717, 1.165) is 5.69 Å². The minimum absolute atomic E-state index is 0.830. The van der Waals surface area contributed by atoms with E-state index in [9.17, 15) is 0 Å². The summed E-state index contributed by atoms with van der Waals surface area (Å²) in [6, 6.07) is 13.0. The summed E-state index contributed by atoms with van der Waals surface area (Å²) in [6.45, 7) is 2.36. The van der Waals surface area contributed by atoms with Gasteiger partial charge in [0.15, 0.2) is 0 Å². The molecule has 2 aromatic carbocycles. The van der Waals surface area contributed by atoms with Crippen molar-refractivity contribution in [3.8, 4) is 0 Å². The highest BCUT2D eigenvalue weighted by atomic mass is 15.1. The number of nitrogens with two attached hydrogens (primary N) is 1. The summed E-state index contributed by atoms with van der Waals surface area (Å²) < 4.78 is 2.25. The van der Waals surface area contributed by atoms with Gasteiger partial charge in [-0.3, -0.25) is 0 Å². The fraction of sp³-hybridized carbons (Fsp3) is 0.294. The lowest BCUT2D eigenvalue weighted by Gasteiger charge is -2.17. The Balaban J connectivity index is 2.00. The second kappa shape index (κ2) is 4.17. The number of fused-ring (bicyclic) bond motifs is 3. The summed E-state index contributed by atoms with van der Waals surface area (Å²) >= 11 is 0. The Morgan fingerprint density at radius 1 is 0.900 bits per heavy atom. The van der Waals surface area contributed by atoms with Crippen LogP contribution in [-0.4, -0.2) is 17.7 Å². The van der Waals surface area contributed by atoms with Gasteiger partial charge < -0.3 is 15.2 Å². The lowest BCUT2D eigenvalue weighted by atomic mass is 10.1. The molecule has 1 aliphatic rings. The maximum Gasteiger partial charge on any atom is 0.0490 e. The van der Waals surface area contributed by atoms with Gasteiger partial charge in [-0.15, -0.1) is 0 Å². The molecule has 1 saturated heterocycles. The first-order valence-electron chi connectivity index (χ1n) is 7.27. The second-order valence-corrected chi connectivity index (χ2v) is 5.73. The molecule has 3 heteroatoms. The van der Waals surface area contributed by atoms with E-state index in [2.05, 4.69) is 46.8 Å². The minimum Gasteiger partial charge on any atom is -0.399 e. The molecule has 20 heavy (non-hydrogen) atoms. The highest BCUT2D eigenvalue weighted by molar-refractivity contribution is 6.10. The number of aryl methyl sites for hydroxylation is 1. The largest absolute Gasteiger partial charge is 0.399 e. The molecule has 3 nitrogen and oxygen atoms in total. The molecule has 0 radical (unpaired) electrons. The number of aromatic nitrogens is 1. The third kappa shape index (κ3) is 1.59. The Hall–Kier alpha value is -2.16. The number of rotatable bonds is 1. The maximum atomic E-state index is 5.96. The van der Waals surface area contributed by atoms with Gasteiger partial charge in [0, 0.05) is 53.3 Å². The van der Waals surface area contributed by atoms with Gasteiger partial charge in [-0.1, -0.05) is 0 Å². The first-order valence-corrected chi connectivity index (χ1v) is 7.27. The molecule has 0 spiro atoms. The topological polar surface area (TPSA) is 34.2 Å². The van der Waals surface area contributed by atoms with Crippen molar-refractivity contribution in [2.24, 2.45) is 7.05 Å². The van der Waals surface area contributed by atoms with Crippen molar-refractivity contribution in [2.45, 2.75) is 12.8 Å². The van der Waals surface area contributed by atoms with Crippen LogP contribution in [0.3, 0.4) is 0 Å². The Kier molecular flexibility index (Phi) is 2.43. The zero-order valence-electron chi connectivity index (χ0n) is 11.8. The number of nitrogens with zero attached hydrogens (tertiary/aromatic N) is 2. The van der Waals surface area contributed by atoms with Crippen molar-refractivity contribution in [3.05, 3.63) is 36.4 Å². The van der Waals surface area contributed by atoms with Crippen LogP contribution >= 0.6 is 0 Å². The van der Waals surface area contributed by atoms with Gasteiger partial charge in [-0.2, -0.15) is 0 Å². The molecule has 0 bridgehead atoms. The molecular weight excluding hydrogens is 246 g/mol. The molecule has 0 saturated carbocycles. The third-order valence-electron chi connectivity index (χ3n) is 4.48. The summed E-state index contributed by atoms with van der Waals surface area (Å²) in [7, 11) is 2.12. The highest BCUT2D eigenvalue weighted by Crippen LogP contribution is 2.33. The summed E-state index contributed by atoms with van der Waals surface area (Å²) in [5.41, 5.74) is 10.6. The van der Waals surface area contributed by atoms with Crippen molar-refractivity contribution >= 4 is 33.2 Å². The number of nitrogen functional groups attached to an aromatic ring is 1. The zero-order chi connectivity index (χ0) is 13.7. The van der Waals surface area contributed by atoms with Gasteiger partial charge in [0.05, 0.1) is 0 Å². The summed E-state index contributed by atoms with van der Waals surface area (Å²) in [5, 5.41) is 2.56. The molecule has 0 unspecified atom stereocenters. The van der Waals surface area contributed by atoms with Crippen LogP contribution in [0.4, 0.5) is 11.4 Å². The van der Waals surface area contributed by atoms with Gasteiger partial charge in [-0.05, 0) is 49.2 Å². The lowest BCUT2D eigenvalue weighted by molar-refractivity contribution is 0.949. The van der Waals surface area contributed by atoms with E-state index < -0.39 is 0 Å². The van der Waals surface area contributed by atoms with E-state index in [1.807, 2.05) is 6.07 Å². The van der Waals surface area contributed by atoms with E-state index in [1.165, 1.54) is 53.4 Å². The van der Waals surface area contributed by atoms with Crippen molar-refractivity contribution in [1.29, 1.82) is 0 Å². The molecule has 0 aliphatic carbocycles. The lowest BCUT2D eigenvalue weighted by Crippen LogP contribution is -2.17. The zero-order valence-corrected chi connectivity index (χ0v) is 11.8. The second-order valence-electron chi connectivity index (χ2n) is 5.73. The smallest absolute Gasteiger partial charge is 0.0490 e. The van der Waals surface area contributed by atoms with Crippen LogP contribution in [0.25, 0.3) is 21.8 Å². The standard InChI is InChI=1S/C17H19N3/c1-19-16-6-4-12(18)10-14(16)15-11-13(5-7-17(15)19)20-8-2-3-9-20/h4-7,10-11H,2-3,8-9,18H2,1H3. The van der Waals surface area contributed by atoms with E-state index in [1.54, 1.807) is 0 Å². The predicted molar refractivity (Wildman–Crippen MR) is 86.3 cm³/mol. The van der Waals surface area contributed by atoms with Crippen LogP contribution in [0.1, 0.15) is 12.8 Å². The molecule has 4 rings (SSSR count). The summed E-state index contributed by atoms with van der Waals surface area (Å²) in [6.07, 6.45) is 2.61. The SMILES string of the molecule is Cn1c2ccc(N)cc2c2cc(N3CCCC3)ccc21. The van der Waals surface area contributed by atoms with Crippen molar-refractivity contribution in [2.75, 3.05) is 23.7 Å². The van der Waals surface area contributed by atoms with Crippen LogP contribution in [-0.2, 0) is 7.05 Å². The van der Waals surface area contributed by atoms with Crippen molar-refractivity contribution in [3.63, 3.8) is 0 Å². The average Bonchev–Trinajstić information content (AvgIpc) is 3.07. The molecule has 0 atom stereocenters. The Morgan fingerprint density at radius 3 is 2.30 bits per heavy atom. The van der Waals surface area contributed by atoms with Gasteiger partial charge in [0.1, 0.15) is 0 Å². The molecule has 1 fully saturated rings. The van der Waals surface area contributed by atoms with Gasteiger partial charge in [0.2, 0.25) is 0 Å². The summed E-state index contributed by atoms with van der Waals surface area (Å²) in [5.74, 6) is 0. The van der Waals surface area contributed by atoms with Crippen molar-refractivity contribution < 1.29 is 0 Å². The van der Waals surface area contributed by atoms with Gasteiger partial charge in [-0.25, -0.2) is 0 Å². The maximum absolute atomic E-state index is 5.96. The number of hydrogen-bond acceptors (Lipinski definition) is 2. The quantitative estimate of drug-likeness (QED) is 0.683. The number of anilines is 2. The van der Waals surface area contributed by atoms with Crippen LogP contribution in [0.15, 0.2) is 36.4 Å². The molecule has 1 aliphatic heterocycles. The van der Waals surface area contributed by atoms with Crippen LogP contribution in [0, 0.1) is 0 Å². The van der Waals surface area contributed by atoms with Gasteiger partial charge in [0.25, 0.3) is 0 Å². The van der Waals surface area contributed by atoms with Crippen LogP contribution < -0.4 is 10.6 Å². The number of hydrogen-bond donors (Lipinski definition) is 1. The summed E-state index contributed by atoms with van der Waals surface area (Å²) in [4.78, 5) is 2.48. The van der Waals surface area contributed by atoms with Crippen LogP contribution in [0.2, 0.25) is 0 Å². The van der Waals surface area contributed by atoms with Crippen LogP contribution in [0.5, 0.6) is 0 Å². The average molecular weight is 265 g/mol. The van der Waals surface area contributed by atoms with E-state index in [0.29, 0.717) is 0 Å². The molecule has 3 aromatic rings. The van der Waals surface area contributed by atoms with E-state index in [-0.39, 0.29) is 0 Å². The molecule has 102 valence electrons. The highest BCUT2D eigenvalue weighted by Gasteiger charge is 2.15. The monoisotopic (exact) mass is 265 g/mol. The molecule has 0 amide bonds. The molecule has 2 heterocycles. The first kappa shape index (κ1) is 11.6. The first-order chi connectivity index (χ1) is 9.74. The minimum atomic E-state index is 0.830. The Bertz CT molecular complexity index is 795. The molecular formula is C17H19N3. The Morgan fingerprint density at radius 2 is 1.55 bits per heavy atom. The fourth-order valence-corrected chi connectivity index (χ4v) is 3.40. The normalized spacial score (nSPS) is 15.6. The van der Waals surface area contributed by atoms with Crippen molar-refractivity contribution in [1.82, 2.24) is 4.57 Å². The van der Waals surface area contributed by atoms with E-state index in [4.69, 9.17) is 5.73 Å². The molecule has 1 aromatic heterocycles. The van der Waals surface area contributed by atoms with E-state index >= 15 is 0 Å².